The zero-order valence-electron chi connectivity index (χ0n) is 10.4. The summed E-state index contributed by atoms with van der Waals surface area (Å²) in [4.78, 5) is 11.4. The lowest BCUT2D eigenvalue weighted by molar-refractivity contribution is -0.122. The van der Waals surface area contributed by atoms with Gasteiger partial charge in [0.15, 0.2) is 0 Å². The van der Waals surface area contributed by atoms with Crippen LogP contribution in [0.5, 0.6) is 0 Å². The topological polar surface area (TPSA) is 41.1 Å². The van der Waals surface area contributed by atoms with E-state index in [-0.39, 0.29) is 18.0 Å². The van der Waals surface area contributed by atoms with Crippen LogP contribution < -0.4 is 10.6 Å². The Kier molecular flexibility index (Phi) is 4.50. The molecule has 0 saturated carbocycles. The first kappa shape index (κ1) is 12.7. The number of nitrogens with one attached hydrogen (secondary N) is 2. The first-order valence-corrected chi connectivity index (χ1v) is 5.59. The van der Waals surface area contributed by atoms with Crippen LogP contribution in [0.1, 0.15) is 31.0 Å². The fourth-order valence-corrected chi connectivity index (χ4v) is 1.83. The molecule has 1 aromatic rings. The van der Waals surface area contributed by atoms with E-state index in [2.05, 4.69) is 36.6 Å². The van der Waals surface area contributed by atoms with Gasteiger partial charge in [-0.1, -0.05) is 24.3 Å². The highest BCUT2D eigenvalue weighted by atomic mass is 16.2. The summed E-state index contributed by atoms with van der Waals surface area (Å²) in [5.74, 6) is 0.0143. The Labute approximate surface area is 97.2 Å². The minimum Gasteiger partial charge on any atom is -0.358 e. The number of benzene rings is 1. The van der Waals surface area contributed by atoms with Crippen LogP contribution in [0.3, 0.4) is 0 Å². The van der Waals surface area contributed by atoms with E-state index in [1.807, 2.05) is 19.1 Å². The van der Waals surface area contributed by atoms with Crippen molar-refractivity contribution in [2.75, 3.05) is 7.05 Å². The van der Waals surface area contributed by atoms with E-state index >= 15 is 0 Å². The van der Waals surface area contributed by atoms with Gasteiger partial charge in [-0.25, -0.2) is 0 Å². The summed E-state index contributed by atoms with van der Waals surface area (Å²) in [5, 5.41) is 5.91. The number of aryl methyl sites for hydroxylation is 1. The van der Waals surface area contributed by atoms with Crippen LogP contribution in [0.15, 0.2) is 24.3 Å². The predicted octanol–water partition coefficient (Wildman–Crippen LogP) is 1.78. The van der Waals surface area contributed by atoms with Gasteiger partial charge in [-0.3, -0.25) is 10.1 Å². The summed E-state index contributed by atoms with van der Waals surface area (Å²) in [6.45, 7) is 6.02. The Morgan fingerprint density at radius 1 is 1.25 bits per heavy atom. The van der Waals surface area contributed by atoms with Gasteiger partial charge in [0, 0.05) is 13.1 Å². The summed E-state index contributed by atoms with van der Waals surface area (Å²) in [5.41, 5.74) is 2.48. The molecule has 0 spiro atoms. The number of carbonyl (C=O) groups excluding carboxylic acids is 1. The maximum absolute atomic E-state index is 11.4. The molecular formula is C13H20N2O. The van der Waals surface area contributed by atoms with Crippen LogP contribution >= 0.6 is 0 Å². The van der Waals surface area contributed by atoms with Crippen molar-refractivity contribution in [3.05, 3.63) is 35.4 Å². The maximum Gasteiger partial charge on any atom is 0.236 e. The third-order valence-corrected chi connectivity index (χ3v) is 2.79. The molecule has 88 valence electrons. The molecule has 0 bridgehead atoms. The second-order valence-corrected chi connectivity index (χ2v) is 4.08. The Morgan fingerprint density at radius 2 is 1.88 bits per heavy atom. The molecule has 1 amide bonds. The van der Waals surface area contributed by atoms with Gasteiger partial charge in [0.25, 0.3) is 0 Å². The highest BCUT2D eigenvalue weighted by Crippen LogP contribution is 2.16. The molecule has 2 atom stereocenters. The van der Waals surface area contributed by atoms with Crippen LogP contribution in [0.25, 0.3) is 0 Å². The molecule has 2 N–H and O–H groups in total. The number of carbonyl (C=O) groups is 1. The van der Waals surface area contributed by atoms with E-state index in [1.165, 1.54) is 11.1 Å². The third-order valence-electron chi connectivity index (χ3n) is 2.79. The highest BCUT2D eigenvalue weighted by molar-refractivity contribution is 5.80. The second-order valence-electron chi connectivity index (χ2n) is 4.08. The minimum atomic E-state index is -0.181. The fraction of sp³-hybridized carbons (Fsp3) is 0.462. The number of likely N-dealkylation sites (N-methyl/N-ethyl adjacent to an activating group) is 1. The fourth-order valence-electron chi connectivity index (χ4n) is 1.83. The maximum atomic E-state index is 11.4. The van der Waals surface area contributed by atoms with Crippen LogP contribution in [-0.4, -0.2) is 19.0 Å². The van der Waals surface area contributed by atoms with Crippen molar-refractivity contribution in [2.24, 2.45) is 0 Å². The van der Waals surface area contributed by atoms with Gasteiger partial charge in [0.2, 0.25) is 5.91 Å². The van der Waals surface area contributed by atoms with Gasteiger partial charge in [-0.15, -0.1) is 0 Å². The molecule has 0 aliphatic rings. The summed E-state index contributed by atoms with van der Waals surface area (Å²) < 4.78 is 0. The van der Waals surface area contributed by atoms with Crippen LogP contribution in [-0.2, 0) is 4.79 Å². The quantitative estimate of drug-likeness (QED) is 0.812. The smallest absolute Gasteiger partial charge is 0.236 e. The minimum absolute atomic E-state index is 0.0143. The standard InChI is InChI=1S/C13H20N2O/c1-9-7-5-6-8-12(9)10(2)15-11(3)13(16)14-4/h5-8,10-11,15H,1-4H3,(H,14,16). The Morgan fingerprint density at radius 3 is 2.44 bits per heavy atom. The van der Waals surface area contributed by atoms with Gasteiger partial charge in [0.05, 0.1) is 6.04 Å². The first-order chi connectivity index (χ1) is 7.56. The van der Waals surface area contributed by atoms with E-state index in [0.717, 1.165) is 0 Å². The van der Waals surface area contributed by atoms with E-state index in [4.69, 9.17) is 0 Å². The molecule has 0 heterocycles. The van der Waals surface area contributed by atoms with Crippen LogP contribution in [0.2, 0.25) is 0 Å². The van der Waals surface area contributed by atoms with E-state index in [9.17, 15) is 4.79 Å². The van der Waals surface area contributed by atoms with Crippen molar-refractivity contribution in [3.8, 4) is 0 Å². The van der Waals surface area contributed by atoms with Crippen molar-refractivity contribution >= 4 is 5.91 Å². The lowest BCUT2D eigenvalue weighted by atomic mass is 10.0. The molecule has 16 heavy (non-hydrogen) atoms. The lowest BCUT2D eigenvalue weighted by Crippen LogP contribution is -2.41. The molecule has 0 aliphatic carbocycles. The normalized spacial score (nSPS) is 14.2. The number of hydrogen-bond donors (Lipinski definition) is 2. The first-order valence-electron chi connectivity index (χ1n) is 5.59. The largest absolute Gasteiger partial charge is 0.358 e. The average Bonchev–Trinajstić information content (AvgIpc) is 2.28. The summed E-state index contributed by atoms with van der Waals surface area (Å²) in [6.07, 6.45) is 0. The lowest BCUT2D eigenvalue weighted by Gasteiger charge is -2.20. The number of amides is 1. The van der Waals surface area contributed by atoms with Gasteiger partial charge in [0.1, 0.15) is 0 Å². The van der Waals surface area contributed by atoms with Crippen molar-refractivity contribution in [1.82, 2.24) is 10.6 Å². The molecule has 0 fully saturated rings. The summed E-state index contributed by atoms with van der Waals surface area (Å²) in [6, 6.07) is 8.20. The molecule has 0 radical (unpaired) electrons. The van der Waals surface area contributed by atoms with E-state index in [0.29, 0.717) is 0 Å². The number of hydrogen-bond acceptors (Lipinski definition) is 2. The molecule has 0 aliphatic heterocycles. The Balaban J connectivity index is 2.69. The van der Waals surface area contributed by atoms with Crippen molar-refractivity contribution < 1.29 is 4.79 Å². The molecule has 3 nitrogen and oxygen atoms in total. The molecule has 0 saturated heterocycles. The zero-order valence-corrected chi connectivity index (χ0v) is 10.4. The summed E-state index contributed by atoms with van der Waals surface area (Å²) in [7, 11) is 1.65. The third kappa shape index (κ3) is 3.07. The summed E-state index contributed by atoms with van der Waals surface area (Å²) >= 11 is 0. The van der Waals surface area contributed by atoms with Gasteiger partial charge in [-0.2, -0.15) is 0 Å². The number of rotatable bonds is 4. The van der Waals surface area contributed by atoms with E-state index < -0.39 is 0 Å². The predicted molar refractivity (Wildman–Crippen MR) is 66.3 cm³/mol. The Bertz CT molecular complexity index is 363. The zero-order chi connectivity index (χ0) is 12.1. The molecular weight excluding hydrogens is 200 g/mol. The molecule has 2 unspecified atom stereocenters. The molecule has 1 rings (SSSR count). The van der Waals surface area contributed by atoms with Crippen molar-refractivity contribution in [1.29, 1.82) is 0 Å². The molecule has 1 aromatic carbocycles. The van der Waals surface area contributed by atoms with Crippen LogP contribution in [0.4, 0.5) is 0 Å². The molecule has 0 aromatic heterocycles. The van der Waals surface area contributed by atoms with Gasteiger partial charge < -0.3 is 5.32 Å². The van der Waals surface area contributed by atoms with Crippen molar-refractivity contribution in [2.45, 2.75) is 32.9 Å². The van der Waals surface area contributed by atoms with Crippen molar-refractivity contribution in [3.63, 3.8) is 0 Å². The van der Waals surface area contributed by atoms with Gasteiger partial charge >= 0.3 is 0 Å². The van der Waals surface area contributed by atoms with E-state index in [1.54, 1.807) is 7.05 Å². The highest BCUT2D eigenvalue weighted by Gasteiger charge is 2.15. The second kappa shape index (κ2) is 5.66. The van der Waals surface area contributed by atoms with Gasteiger partial charge in [-0.05, 0) is 31.9 Å². The molecule has 3 heteroatoms. The monoisotopic (exact) mass is 220 g/mol. The average molecular weight is 220 g/mol. The Hall–Kier alpha value is -1.35. The van der Waals surface area contributed by atoms with Crippen LogP contribution in [0, 0.1) is 6.92 Å². The SMILES string of the molecule is CNC(=O)C(C)NC(C)c1ccccc1C.